The van der Waals surface area contributed by atoms with E-state index in [9.17, 15) is 0 Å². The number of benzene rings is 1. The van der Waals surface area contributed by atoms with Gasteiger partial charge in [0.1, 0.15) is 0 Å². The molecule has 2 N–H and O–H groups in total. The monoisotopic (exact) mass is 303 g/mol. The van der Waals surface area contributed by atoms with Gasteiger partial charge in [0, 0.05) is 33.9 Å². The molecule has 0 saturated heterocycles. The molecule has 1 aliphatic carbocycles. The lowest BCUT2D eigenvalue weighted by Gasteiger charge is -2.42. The summed E-state index contributed by atoms with van der Waals surface area (Å²) >= 11 is 0. The maximum Gasteiger partial charge on any atom is 0.191 e. The Hall–Kier alpha value is -1.55. The number of nitrogens with zero attached hydrogens (tertiary/aromatic N) is 1. The second-order valence-electron chi connectivity index (χ2n) is 6.30. The van der Waals surface area contributed by atoms with Gasteiger partial charge in [0.15, 0.2) is 5.96 Å². The second-order valence-corrected chi connectivity index (χ2v) is 6.30. The Balaban J connectivity index is 1.81. The van der Waals surface area contributed by atoms with E-state index in [1.165, 1.54) is 30.4 Å². The van der Waals surface area contributed by atoms with Crippen molar-refractivity contribution in [3.63, 3.8) is 0 Å². The van der Waals surface area contributed by atoms with E-state index < -0.39 is 0 Å². The molecule has 1 aromatic rings. The topological polar surface area (TPSA) is 45.7 Å². The lowest BCUT2D eigenvalue weighted by Crippen LogP contribution is -2.46. The summed E-state index contributed by atoms with van der Waals surface area (Å²) in [5.74, 6) is 0.881. The lowest BCUT2D eigenvalue weighted by atomic mass is 9.67. The molecule has 1 saturated carbocycles. The number of guanidine groups is 1. The van der Waals surface area contributed by atoms with Crippen LogP contribution in [0.2, 0.25) is 0 Å². The quantitative estimate of drug-likeness (QED) is 0.601. The third kappa shape index (κ3) is 4.47. The summed E-state index contributed by atoms with van der Waals surface area (Å²) in [6, 6.07) is 8.44. The van der Waals surface area contributed by atoms with Crippen molar-refractivity contribution in [3.8, 4) is 0 Å². The maximum absolute atomic E-state index is 5.25. The number of hydrogen-bond acceptors (Lipinski definition) is 2. The fraction of sp³-hybridized carbons (Fsp3) is 0.611. The number of rotatable bonds is 7. The minimum absolute atomic E-state index is 0.399. The van der Waals surface area contributed by atoms with Crippen LogP contribution in [0.3, 0.4) is 0 Å². The van der Waals surface area contributed by atoms with Gasteiger partial charge in [0.2, 0.25) is 0 Å². The minimum atomic E-state index is 0.399. The SMILES string of the molecule is CN=C(NCc1ccccc1C)NCC1(CCOC)CCC1. The van der Waals surface area contributed by atoms with Crippen molar-refractivity contribution in [2.24, 2.45) is 10.4 Å². The first-order chi connectivity index (χ1) is 10.7. The van der Waals surface area contributed by atoms with Gasteiger partial charge in [0.05, 0.1) is 0 Å². The standard InChI is InChI=1S/C18H29N3O/c1-15-7-4-5-8-16(15)13-20-17(19-2)21-14-18(9-6-10-18)11-12-22-3/h4-5,7-8H,6,9-14H2,1-3H3,(H2,19,20,21). The van der Waals surface area contributed by atoms with Crippen LogP contribution in [-0.4, -0.2) is 33.3 Å². The van der Waals surface area contributed by atoms with Crippen LogP contribution in [0.15, 0.2) is 29.3 Å². The van der Waals surface area contributed by atoms with Crippen LogP contribution in [0.1, 0.15) is 36.8 Å². The molecule has 22 heavy (non-hydrogen) atoms. The van der Waals surface area contributed by atoms with Crippen LogP contribution in [0, 0.1) is 12.3 Å². The minimum Gasteiger partial charge on any atom is -0.385 e. The molecule has 2 rings (SSSR count). The predicted octanol–water partition coefficient (Wildman–Crippen LogP) is 2.87. The summed E-state index contributed by atoms with van der Waals surface area (Å²) in [7, 11) is 3.61. The molecule has 122 valence electrons. The molecule has 0 heterocycles. The Morgan fingerprint density at radius 2 is 2.05 bits per heavy atom. The molecule has 0 radical (unpaired) electrons. The summed E-state index contributed by atoms with van der Waals surface area (Å²) in [5.41, 5.74) is 3.01. The van der Waals surface area contributed by atoms with Crippen LogP contribution < -0.4 is 10.6 Å². The molecule has 4 nitrogen and oxygen atoms in total. The highest BCUT2D eigenvalue weighted by Gasteiger charge is 2.36. The number of hydrogen-bond donors (Lipinski definition) is 2. The molecule has 1 aliphatic rings. The highest BCUT2D eigenvalue weighted by molar-refractivity contribution is 5.79. The van der Waals surface area contributed by atoms with Gasteiger partial charge in [-0.05, 0) is 42.7 Å². The van der Waals surface area contributed by atoms with E-state index in [2.05, 4.69) is 46.8 Å². The highest BCUT2D eigenvalue weighted by atomic mass is 16.5. The molecule has 0 aliphatic heterocycles. The van der Waals surface area contributed by atoms with E-state index in [1.807, 2.05) is 7.05 Å². The lowest BCUT2D eigenvalue weighted by molar-refractivity contribution is 0.0732. The number of ether oxygens (including phenoxy) is 1. The van der Waals surface area contributed by atoms with Crippen LogP contribution in [0.5, 0.6) is 0 Å². The Labute approximate surface area is 134 Å². The van der Waals surface area contributed by atoms with E-state index in [-0.39, 0.29) is 0 Å². The molecule has 0 unspecified atom stereocenters. The third-order valence-corrected chi connectivity index (χ3v) is 4.81. The van der Waals surface area contributed by atoms with Crippen LogP contribution in [-0.2, 0) is 11.3 Å². The molecule has 0 aromatic heterocycles. The average molecular weight is 303 g/mol. The Bertz CT molecular complexity index is 495. The largest absolute Gasteiger partial charge is 0.385 e. The normalized spacial score (nSPS) is 17.0. The molecule has 0 bridgehead atoms. The predicted molar refractivity (Wildman–Crippen MR) is 92.2 cm³/mol. The smallest absolute Gasteiger partial charge is 0.191 e. The Kier molecular flexibility index (Phi) is 6.25. The molecule has 1 fully saturated rings. The number of aliphatic imine (C=N–C) groups is 1. The summed E-state index contributed by atoms with van der Waals surface area (Å²) in [6.45, 7) is 4.76. The van der Waals surface area contributed by atoms with E-state index in [0.717, 1.165) is 32.1 Å². The summed E-state index contributed by atoms with van der Waals surface area (Å²) in [4.78, 5) is 4.34. The zero-order valence-corrected chi connectivity index (χ0v) is 14.1. The molecular weight excluding hydrogens is 274 g/mol. The summed E-state index contributed by atoms with van der Waals surface area (Å²) in [6.07, 6.45) is 5.04. The van der Waals surface area contributed by atoms with Crippen molar-refractivity contribution in [3.05, 3.63) is 35.4 Å². The van der Waals surface area contributed by atoms with Crippen LogP contribution >= 0.6 is 0 Å². The maximum atomic E-state index is 5.25. The number of nitrogens with one attached hydrogen (secondary N) is 2. The fourth-order valence-corrected chi connectivity index (χ4v) is 2.99. The first kappa shape index (κ1) is 16.8. The molecule has 1 aromatic carbocycles. The summed E-state index contributed by atoms with van der Waals surface area (Å²) < 4.78 is 5.25. The van der Waals surface area contributed by atoms with E-state index in [0.29, 0.717) is 5.41 Å². The summed E-state index contributed by atoms with van der Waals surface area (Å²) in [5, 5.41) is 6.91. The van der Waals surface area contributed by atoms with Crippen LogP contribution in [0.4, 0.5) is 0 Å². The van der Waals surface area contributed by atoms with E-state index in [1.54, 1.807) is 7.11 Å². The van der Waals surface area contributed by atoms with Crippen LogP contribution in [0.25, 0.3) is 0 Å². The van der Waals surface area contributed by atoms with Crippen molar-refractivity contribution in [2.75, 3.05) is 27.3 Å². The van der Waals surface area contributed by atoms with Gasteiger partial charge in [-0.25, -0.2) is 0 Å². The van der Waals surface area contributed by atoms with Gasteiger partial charge in [-0.15, -0.1) is 0 Å². The van der Waals surface area contributed by atoms with Crippen molar-refractivity contribution < 1.29 is 4.74 Å². The van der Waals surface area contributed by atoms with Gasteiger partial charge < -0.3 is 15.4 Å². The van der Waals surface area contributed by atoms with Gasteiger partial charge >= 0.3 is 0 Å². The Morgan fingerprint density at radius 3 is 2.64 bits per heavy atom. The number of aryl methyl sites for hydroxylation is 1. The van der Waals surface area contributed by atoms with E-state index in [4.69, 9.17) is 4.74 Å². The second kappa shape index (κ2) is 8.18. The van der Waals surface area contributed by atoms with Gasteiger partial charge in [-0.2, -0.15) is 0 Å². The van der Waals surface area contributed by atoms with Gasteiger partial charge in [-0.3, -0.25) is 4.99 Å². The average Bonchev–Trinajstić information content (AvgIpc) is 2.50. The van der Waals surface area contributed by atoms with Crippen molar-refractivity contribution in [1.82, 2.24) is 10.6 Å². The fourth-order valence-electron chi connectivity index (χ4n) is 2.99. The number of methoxy groups -OCH3 is 1. The molecule has 0 spiro atoms. The molecule has 0 atom stereocenters. The molecule has 0 amide bonds. The molecular formula is C18H29N3O. The highest BCUT2D eigenvalue weighted by Crippen LogP contribution is 2.43. The van der Waals surface area contributed by atoms with Crippen molar-refractivity contribution in [1.29, 1.82) is 0 Å². The third-order valence-electron chi connectivity index (χ3n) is 4.81. The zero-order chi connectivity index (χ0) is 15.8. The van der Waals surface area contributed by atoms with Crippen molar-refractivity contribution in [2.45, 2.75) is 39.2 Å². The van der Waals surface area contributed by atoms with Gasteiger partial charge in [-0.1, -0.05) is 30.7 Å². The first-order valence-corrected chi connectivity index (χ1v) is 8.17. The Morgan fingerprint density at radius 1 is 1.27 bits per heavy atom. The zero-order valence-electron chi connectivity index (χ0n) is 14.1. The van der Waals surface area contributed by atoms with Gasteiger partial charge in [0.25, 0.3) is 0 Å². The molecule has 4 heteroatoms. The van der Waals surface area contributed by atoms with Crippen molar-refractivity contribution >= 4 is 5.96 Å². The van der Waals surface area contributed by atoms with E-state index >= 15 is 0 Å². The first-order valence-electron chi connectivity index (χ1n) is 8.17.